The molecule has 1 saturated carbocycles. The molecule has 1 aromatic heterocycles. The molecular weight excluding hydrogens is 616 g/mol. The van der Waals surface area contributed by atoms with E-state index in [1.165, 1.54) is 26.7 Å². The molecule has 2 heterocycles. The van der Waals surface area contributed by atoms with E-state index in [1.54, 1.807) is 6.20 Å². The minimum Gasteiger partial charge on any atom is -0.390 e. The third kappa shape index (κ3) is 9.87. The van der Waals surface area contributed by atoms with Crippen LogP contribution in [0.1, 0.15) is 83.8 Å². The second-order valence-corrected chi connectivity index (χ2v) is 17.9. The topological polar surface area (TPSA) is 157 Å². The second-order valence-electron chi connectivity index (χ2n) is 15.3. The number of aliphatic hydroxyl groups excluding tert-OH is 1. The number of H-pyrrole nitrogens is 1. The number of hydrogen-bond donors (Lipinski definition) is 5. The molecule has 1 aliphatic carbocycles. The number of likely N-dealkylation sites (tertiary alicyclic amines) is 1. The maximum atomic E-state index is 14.1. The highest BCUT2D eigenvalue weighted by Crippen LogP contribution is 2.39. The maximum Gasteiger partial charge on any atom is 0.239 e. The molecule has 1 saturated heterocycles. The first-order chi connectivity index (χ1) is 21.9. The van der Waals surface area contributed by atoms with Crippen LogP contribution < -0.4 is 16.0 Å². The van der Waals surface area contributed by atoms with Crippen LogP contribution in [0.4, 0.5) is 0 Å². The molecule has 12 heteroatoms. The van der Waals surface area contributed by atoms with Crippen molar-refractivity contribution in [2.45, 2.75) is 121 Å². The molecule has 4 rings (SSSR count). The minimum absolute atomic E-state index is 0.0365. The number of fused-ring (bicyclic) bond motifs is 1. The molecule has 2 amide bonds. The lowest BCUT2D eigenvalue weighted by atomic mass is 9.72. The predicted octanol–water partition coefficient (Wildman–Crippen LogP) is 2.88. The summed E-state index contributed by atoms with van der Waals surface area (Å²) in [6.45, 7) is 11.9. The third-order valence-electron chi connectivity index (χ3n) is 9.98. The number of sulfone groups is 1. The van der Waals surface area contributed by atoms with E-state index in [0.717, 1.165) is 36.8 Å². The quantitative estimate of drug-likeness (QED) is 0.218. The fraction of sp³-hybridized carbons (Fsp3) is 0.686. The van der Waals surface area contributed by atoms with Crippen molar-refractivity contribution in [3.63, 3.8) is 0 Å². The average Bonchev–Trinajstić information content (AvgIpc) is 3.40. The Morgan fingerprint density at radius 3 is 2.34 bits per heavy atom. The zero-order valence-electron chi connectivity index (χ0n) is 29.2. The Balaban J connectivity index is 1.60. The van der Waals surface area contributed by atoms with Crippen LogP contribution in [0.3, 0.4) is 0 Å². The number of carbonyl (C=O) groups excluding carboxylic acids is 2. The van der Waals surface area contributed by atoms with Crippen LogP contribution in [-0.4, -0.2) is 94.1 Å². The number of aromatic amines is 1. The van der Waals surface area contributed by atoms with Crippen molar-refractivity contribution in [2.24, 2.45) is 11.8 Å². The van der Waals surface area contributed by atoms with Gasteiger partial charge in [-0.2, -0.15) is 0 Å². The Morgan fingerprint density at radius 1 is 1.09 bits per heavy atom. The van der Waals surface area contributed by atoms with E-state index in [1.807, 2.05) is 58.0 Å². The third-order valence-corrected chi connectivity index (χ3v) is 12.1. The number of β-amino-alcohol motifs (C(OH)–C–C–N with tert-alkyl or cyclic N) is 1. The zero-order chi connectivity index (χ0) is 34.6. The lowest BCUT2D eigenvalue weighted by molar-refractivity contribution is -0.133. The molecule has 47 heavy (non-hydrogen) atoms. The van der Waals surface area contributed by atoms with Crippen LogP contribution >= 0.6 is 0 Å². The number of imidazole rings is 1. The number of nitrogens with zero attached hydrogens (tertiary/aromatic N) is 2. The van der Waals surface area contributed by atoms with Crippen molar-refractivity contribution < 1.29 is 23.1 Å². The molecule has 11 nitrogen and oxygen atoms in total. The lowest BCUT2D eigenvalue weighted by Crippen LogP contribution is -2.63. The van der Waals surface area contributed by atoms with Crippen LogP contribution in [0, 0.1) is 18.8 Å². The molecule has 6 atom stereocenters. The first kappa shape index (κ1) is 37.0. The smallest absolute Gasteiger partial charge is 0.239 e. The number of carbonyl (C=O) groups is 2. The standard InChI is InChI=1S/C35H56N6O5S/c1-23-36-19-27(38-23)20-37-31(35(5,6)47(7,45)46)33(44)39-28(17-24-13-9-8-10-14-24)30(42)22-41-21-26-16-12-11-15-25(26)18-29(41)32(43)40-34(2,3)4/h8-10,13-14,19,25-26,28-31,37,42H,11-12,15-18,20-22H2,1-7H3,(H,36,38)(H,39,44)(H,40,43)/t25-,26+,28?,29?,30?,31+/m0/s1. The number of rotatable bonds is 13. The number of benzene rings is 1. The molecule has 2 aromatic rings. The summed E-state index contributed by atoms with van der Waals surface area (Å²) in [5.74, 6) is 1.10. The number of aromatic nitrogens is 2. The maximum absolute atomic E-state index is 14.1. The monoisotopic (exact) mass is 672 g/mol. The van der Waals surface area contributed by atoms with Gasteiger partial charge in [0.1, 0.15) is 11.9 Å². The molecule has 5 N–H and O–H groups in total. The lowest BCUT2D eigenvalue weighted by Gasteiger charge is -2.47. The summed E-state index contributed by atoms with van der Waals surface area (Å²) in [6.07, 6.45) is 7.41. The van der Waals surface area contributed by atoms with Gasteiger partial charge >= 0.3 is 0 Å². The van der Waals surface area contributed by atoms with Crippen molar-refractivity contribution in [3.05, 3.63) is 53.6 Å². The van der Waals surface area contributed by atoms with Gasteiger partial charge in [-0.3, -0.25) is 19.8 Å². The summed E-state index contributed by atoms with van der Waals surface area (Å²) in [6, 6.07) is 7.35. The van der Waals surface area contributed by atoms with Gasteiger partial charge in [0, 0.05) is 43.3 Å². The Bertz CT molecular complexity index is 1450. The van der Waals surface area contributed by atoms with Crippen molar-refractivity contribution in [1.29, 1.82) is 0 Å². The van der Waals surface area contributed by atoms with Gasteiger partial charge in [-0.1, -0.05) is 49.6 Å². The van der Waals surface area contributed by atoms with Crippen LogP contribution in [0.2, 0.25) is 0 Å². The first-order valence-corrected chi connectivity index (χ1v) is 18.9. The Labute approximate surface area is 281 Å². The summed E-state index contributed by atoms with van der Waals surface area (Å²) >= 11 is 0. The molecule has 1 aromatic carbocycles. The Morgan fingerprint density at radius 2 is 1.74 bits per heavy atom. The summed E-state index contributed by atoms with van der Waals surface area (Å²) in [7, 11) is -3.69. The number of hydrogen-bond acceptors (Lipinski definition) is 8. The van der Waals surface area contributed by atoms with Gasteiger partial charge in [0.2, 0.25) is 11.8 Å². The average molecular weight is 673 g/mol. The fourth-order valence-corrected chi connectivity index (χ4v) is 7.67. The highest BCUT2D eigenvalue weighted by Gasteiger charge is 2.45. The second kappa shape index (κ2) is 15.2. The SMILES string of the molecule is Cc1ncc(CN[C@H](C(=O)NC(Cc2ccccc2)C(O)CN2C[C@H]3CCCC[C@H]3CC2C(=O)NC(C)(C)C)C(C)(C)S(C)(=O)=O)[nH]1. The highest BCUT2D eigenvalue weighted by molar-refractivity contribution is 7.92. The molecule has 1 aliphatic heterocycles. The summed E-state index contributed by atoms with van der Waals surface area (Å²) in [4.78, 5) is 37.2. The summed E-state index contributed by atoms with van der Waals surface area (Å²) < 4.78 is 24.5. The molecule has 2 aliphatic rings. The van der Waals surface area contributed by atoms with Gasteiger partial charge in [0.05, 0.1) is 22.9 Å². The van der Waals surface area contributed by atoms with Crippen molar-refractivity contribution in [1.82, 2.24) is 30.8 Å². The van der Waals surface area contributed by atoms with Gasteiger partial charge in [0.15, 0.2) is 9.84 Å². The number of aryl methyl sites for hydroxylation is 1. The number of amides is 2. The van der Waals surface area contributed by atoms with Crippen LogP contribution in [0.25, 0.3) is 0 Å². The number of nitrogens with one attached hydrogen (secondary N) is 4. The molecule has 2 fully saturated rings. The normalized spacial score (nSPS) is 22.9. The van der Waals surface area contributed by atoms with Gasteiger partial charge in [-0.05, 0) is 78.2 Å². The molecule has 0 spiro atoms. The van der Waals surface area contributed by atoms with Gasteiger partial charge in [0.25, 0.3) is 0 Å². The van der Waals surface area contributed by atoms with E-state index in [0.29, 0.717) is 30.6 Å². The summed E-state index contributed by atoms with van der Waals surface area (Å²) in [5.41, 5.74) is 1.25. The molecule has 3 unspecified atom stereocenters. The van der Waals surface area contributed by atoms with E-state index < -0.39 is 44.2 Å². The van der Waals surface area contributed by atoms with Crippen molar-refractivity contribution in [2.75, 3.05) is 19.3 Å². The molecule has 0 radical (unpaired) electrons. The zero-order valence-corrected chi connectivity index (χ0v) is 30.0. The first-order valence-electron chi connectivity index (χ1n) is 17.0. The van der Waals surface area contributed by atoms with Gasteiger partial charge < -0.3 is 20.7 Å². The molecule has 0 bridgehead atoms. The van der Waals surface area contributed by atoms with Gasteiger partial charge in [-0.25, -0.2) is 13.4 Å². The van der Waals surface area contributed by atoms with E-state index in [9.17, 15) is 23.1 Å². The van der Waals surface area contributed by atoms with Crippen molar-refractivity contribution >= 4 is 21.7 Å². The van der Waals surface area contributed by atoms with Crippen LogP contribution in [0.5, 0.6) is 0 Å². The fourth-order valence-electron chi connectivity index (χ4n) is 7.05. The van der Waals surface area contributed by atoms with Crippen LogP contribution in [-0.2, 0) is 32.4 Å². The van der Waals surface area contributed by atoms with E-state index in [2.05, 4.69) is 30.8 Å². The number of aliphatic hydroxyl groups is 1. The molecular formula is C35H56N6O5S. The van der Waals surface area contributed by atoms with E-state index >= 15 is 0 Å². The molecule has 262 valence electrons. The van der Waals surface area contributed by atoms with Crippen LogP contribution in [0.15, 0.2) is 36.5 Å². The minimum atomic E-state index is -3.69. The predicted molar refractivity (Wildman–Crippen MR) is 184 cm³/mol. The van der Waals surface area contributed by atoms with Gasteiger partial charge in [-0.15, -0.1) is 0 Å². The summed E-state index contributed by atoms with van der Waals surface area (Å²) in [5, 5.41) is 21.3. The number of piperidine rings is 1. The van der Waals surface area contributed by atoms with E-state index in [4.69, 9.17) is 0 Å². The van der Waals surface area contributed by atoms with E-state index in [-0.39, 0.29) is 25.0 Å². The largest absolute Gasteiger partial charge is 0.390 e. The highest BCUT2D eigenvalue weighted by atomic mass is 32.2. The Kier molecular flexibility index (Phi) is 12.0. The Hall–Kier alpha value is -2.80. The van der Waals surface area contributed by atoms with Crippen molar-refractivity contribution in [3.8, 4) is 0 Å².